The van der Waals surface area contributed by atoms with Crippen LogP contribution in [0.15, 0.2) is 35.9 Å². The Kier molecular flexibility index (Phi) is 12.0. The molecule has 194 valence electrons. The van der Waals surface area contributed by atoms with Gasteiger partial charge in [0.25, 0.3) is 0 Å². The summed E-state index contributed by atoms with van der Waals surface area (Å²) in [5.41, 5.74) is 2.30. The van der Waals surface area contributed by atoms with Crippen LogP contribution >= 0.6 is 0 Å². The molecule has 5 nitrogen and oxygen atoms in total. The van der Waals surface area contributed by atoms with Crippen LogP contribution in [0.3, 0.4) is 0 Å². The van der Waals surface area contributed by atoms with E-state index in [9.17, 15) is 4.79 Å². The molecule has 0 aliphatic rings. The predicted octanol–water partition coefficient (Wildman–Crippen LogP) is 7.02. The summed E-state index contributed by atoms with van der Waals surface area (Å²) in [7, 11) is 1.12. The van der Waals surface area contributed by atoms with Gasteiger partial charge in [0, 0.05) is 5.92 Å². The molecule has 0 N–H and O–H groups in total. The molecule has 0 spiro atoms. The lowest BCUT2D eigenvalue weighted by atomic mass is 9.90. The SMILES string of the molecule is COC(=O)[C@@H](C)CC(C)=C[C@H](C)[C@@H](O[Si](C)(C)C(C)(C)C)[C@@H](C)COCc1ccc(OC)cc1. The van der Waals surface area contributed by atoms with Crippen LogP contribution in [0.4, 0.5) is 0 Å². The van der Waals surface area contributed by atoms with E-state index in [1.54, 1.807) is 7.11 Å². The Morgan fingerprint density at radius 2 is 1.65 bits per heavy atom. The van der Waals surface area contributed by atoms with Crippen LogP contribution in [0.5, 0.6) is 5.75 Å². The van der Waals surface area contributed by atoms with Gasteiger partial charge in [-0.15, -0.1) is 0 Å². The summed E-state index contributed by atoms with van der Waals surface area (Å²) < 4.78 is 23.2. The molecule has 0 aliphatic heterocycles. The van der Waals surface area contributed by atoms with E-state index in [0.717, 1.165) is 11.3 Å². The molecule has 0 bridgehead atoms. The van der Waals surface area contributed by atoms with Gasteiger partial charge in [0.05, 0.1) is 39.5 Å². The average molecular weight is 493 g/mol. The highest BCUT2D eigenvalue weighted by molar-refractivity contribution is 6.74. The van der Waals surface area contributed by atoms with Crippen molar-refractivity contribution in [1.29, 1.82) is 0 Å². The first-order valence-electron chi connectivity index (χ1n) is 12.4. The monoisotopic (exact) mass is 492 g/mol. The highest BCUT2D eigenvalue weighted by Gasteiger charge is 2.41. The van der Waals surface area contributed by atoms with Gasteiger partial charge < -0.3 is 18.6 Å². The summed E-state index contributed by atoms with van der Waals surface area (Å²) in [5, 5.41) is 0.118. The lowest BCUT2D eigenvalue weighted by molar-refractivity contribution is -0.144. The molecule has 0 aromatic heterocycles. The van der Waals surface area contributed by atoms with Gasteiger partial charge in [-0.2, -0.15) is 0 Å². The minimum atomic E-state index is -1.99. The van der Waals surface area contributed by atoms with Crippen molar-refractivity contribution in [3.63, 3.8) is 0 Å². The van der Waals surface area contributed by atoms with Crippen molar-refractivity contribution in [2.45, 2.75) is 85.7 Å². The molecule has 0 unspecified atom stereocenters. The summed E-state index contributed by atoms with van der Waals surface area (Å²) in [6.07, 6.45) is 2.98. The van der Waals surface area contributed by atoms with Gasteiger partial charge in [-0.3, -0.25) is 4.79 Å². The largest absolute Gasteiger partial charge is 0.497 e. The molecule has 0 fully saturated rings. The van der Waals surface area contributed by atoms with E-state index in [4.69, 9.17) is 18.6 Å². The summed E-state index contributed by atoms with van der Waals surface area (Å²) in [5.74, 6) is 0.925. The van der Waals surface area contributed by atoms with Crippen LogP contribution in [-0.4, -0.2) is 41.2 Å². The maximum atomic E-state index is 11.9. The second-order valence-corrected chi connectivity index (χ2v) is 15.9. The normalized spacial score (nSPS) is 16.5. The standard InChI is InChI=1S/C28H48O5Si/c1-20(17-22(3)27(29)31-9)16-21(2)26(33-34(10,11)28(5,6)7)23(4)18-32-19-24-12-14-25(30-8)15-13-24/h12-16,21-23,26H,17-19H2,1-11H3/t21-,22-,23-,26+/m0/s1. The lowest BCUT2D eigenvalue weighted by Crippen LogP contribution is -2.47. The molecule has 0 saturated heterocycles. The fraction of sp³-hybridized carbons (Fsp3) is 0.679. The first kappa shape index (κ1) is 30.4. The molecular weight excluding hydrogens is 444 g/mol. The summed E-state index contributed by atoms with van der Waals surface area (Å²) >= 11 is 0. The number of ether oxygens (including phenoxy) is 3. The minimum absolute atomic E-state index is 0.0279. The van der Waals surface area contributed by atoms with Gasteiger partial charge in [-0.1, -0.05) is 65.3 Å². The molecule has 0 amide bonds. The van der Waals surface area contributed by atoms with Crippen molar-refractivity contribution in [1.82, 2.24) is 0 Å². The number of hydrogen-bond donors (Lipinski definition) is 0. The Labute approximate surface area is 209 Å². The molecule has 0 saturated carbocycles. The Hall–Kier alpha value is -1.63. The Morgan fingerprint density at radius 1 is 1.06 bits per heavy atom. The maximum Gasteiger partial charge on any atom is 0.308 e. The number of methoxy groups -OCH3 is 2. The third kappa shape index (κ3) is 9.55. The van der Waals surface area contributed by atoms with Crippen LogP contribution in [0, 0.1) is 17.8 Å². The zero-order valence-corrected chi connectivity index (χ0v) is 24.4. The van der Waals surface area contributed by atoms with Crippen LogP contribution in [0.2, 0.25) is 18.1 Å². The van der Waals surface area contributed by atoms with E-state index in [1.807, 2.05) is 31.2 Å². The molecule has 0 aliphatic carbocycles. The lowest BCUT2D eigenvalue weighted by Gasteiger charge is -2.42. The predicted molar refractivity (Wildman–Crippen MR) is 143 cm³/mol. The smallest absolute Gasteiger partial charge is 0.308 e. The van der Waals surface area contributed by atoms with Gasteiger partial charge in [0.2, 0.25) is 0 Å². The van der Waals surface area contributed by atoms with E-state index in [1.165, 1.54) is 12.7 Å². The van der Waals surface area contributed by atoms with Crippen LogP contribution in [0.1, 0.15) is 60.5 Å². The number of hydrogen-bond acceptors (Lipinski definition) is 5. The van der Waals surface area contributed by atoms with Crippen molar-refractivity contribution >= 4 is 14.3 Å². The van der Waals surface area contributed by atoms with E-state index < -0.39 is 8.32 Å². The molecule has 34 heavy (non-hydrogen) atoms. The first-order valence-corrected chi connectivity index (χ1v) is 15.3. The third-order valence-electron chi connectivity index (χ3n) is 6.90. The highest BCUT2D eigenvalue weighted by atomic mass is 28.4. The molecule has 0 heterocycles. The number of carbonyl (C=O) groups excluding carboxylic acids is 1. The molecule has 6 heteroatoms. The number of carbonyl (C=O) groups is 1. The van der Waals surface area contributed by atoms with Gasteiger partial charge in [0.1, 0.15) is 5.75 Å². The molecule has 4 atom stereocenters. The zero-order chi connectivity index (χ0) is 26.1. The molecule has 1 aromatic rings. The molecule has 1 rings (SSSR count). The van der Waals surface area contributed by atoms with E-state index in [2.05, 4.69) is 60.7 Å². The van der Waals surface area contributed by atoms with Gasteiger partial charge in [-0.25, -0.2) is 0 Å². The van der Waals surface area contributed by atoms with Gasteiger partial charge in [0.15, 0.2) is 8.32 Å². The summed E-state index contributed by atoms with van der Waals surface area (Å²) in [6.45, 7) is 21.0. The van der Waals surface area contributed by atoms with E-state index >= 15 is 0 Å². The summed E-state index contributed by atoms with van der Waals surface area (Å²) in [6, 6.07) is 7.97. The number of esters is 1. The van der Waals surface area contributed by atoms with E-state index in [0.29, 0.717) is 19.6 Å². The topological polar surface area (TPSA) is 54.0 Å². The fourth-order valence-corrected chi connectivity index (χ4v) is 5.30. The average Bonchev–Trinajstić information content (AvgIpc) is 2.76. The quantitative estimate of drug-likeness (QED) is 0.168. The number of benzene rings is 1. The maximum absolute atomic E-state index is 11.9. The second kappa shape index (κ2) is 13.5. The van der Waals surface area contributed by atoms with Crippen LogP contribution < -0.4 is 4.74 Å². The van der Waals surface area contributed by atoms with Crippen LogP contribution in [0.25, 0.3) is 0 Å². The second-order valence-electron chi connectivity index (χ2n) is 11.2. The van der Waals surface area contributed by atoms with Gasteiger partial charge >= 0.3 is 5.97 Å². The van der Waals surface area contributed by atoms with Crippen molar-refractivity contribution in [3.05, 3.63) is 41.5 Å². The Bertz CT molecular complexity index is 779. The van der Waals surface area contributed by atoms with Crippen molar-refractivity contribution in [2.24, 2.45) is 17.8 Å². The minimum Gasteiger partial charge on any atom is -0.497 e. The zero-order valence-electron chi connectivity index (χ0n) is 23.4. The first-order chi connectivity index (χ1) is 15.7. The highest BCUT2D eigenvalue weighted by Crippen LogP contribution is 2.39. The third-order valence-corrected chi connectivity index (χ3v) is 11.4. The van der Waals surface area contributed by atoms with Crippen molar-refractivity contribution in [3.8, 4) is 5.75 Å². The van der Waals surface area contributed by atoms with E-state index in [-0.39, 0.29) is 34.9 Å². The Balaban J connectivity index is 2.94. The fourth-order valence-electron chi connectivity index (χ4n) is 3.82. The summed E-state index contributed by atoms with van der Waals surface area (Å²) in [4.78, 5) is 11.9. The molecular formula is C28H48O5Si. The molecule has 1 aromatic carbocycles. The number of allylic oxidation sites excluding steroid dienone is 1. The molecule has 0 radical (unpaired) electrons. The number of rotatable bonds is 13. The van der Waals surface area contributed by atoms with Gasteiger partial charge in [-0.05, 0) is 55.1 Å². The van der Waals surface area contributed by atoms with Crippen LogP contribution in [-0.2, 0) is 25.3 Å². The van der Waals surface area contributed by atoms with Crippen molar-refractivity contribution in [2.75, 3.05) is 20.8 Å². The van der Waals surface area contributed by atoms with Crippen molar-refractivity contribution < 1.29 is 23.4 Å². The Morgan fingerprint density at radius 3 is 2.15 bits per heavy atom.